The van der Waals surface area contributed by atoms with Gasteiger partial charge in [-0.2, -0.15) is 0 Å². The third-order valence-electron chi connectivity index (χ3n) is 3.33. The number of carbonyl (C=O) groups is 1. The first-order valence-corrected chi connectivity index (χ1v) is 8.97. The zero-order valence-corrected chi connectivity index (χ0v) is 15.4. The molecule has 0 saturated carbocycles. The topological polar surface area (TPSA) is 72.7 Å². The summed E-state index contributed by atoms with van der Waals surface area (Å²) in [4.78, 5) is 16.1. The van der Waals surface area contributed by atoms with Crippen molar-refractivity contribution < 1.29 is 4.79 Å². The van der Waals surface area contributed by atoms with E-state index in [-0.39, 0.29) is 11.7 Å². The van der Waals surface area contributed by atoms with E-state index in [1.807, 2.05) is 23.7 Å². The Morgan fingerprint density at radius 1 is 1.16 bits per heavy atom. The molecular weight excluding hydrogens is 381 g/mol. The number of amides is 1. The summed E-state index contributed by atoms with van der Waals surface area (Å²) in [7, 11) is 1.85. The van der Waals surface area contributed by atoms with Gasteiger partial charge < -0.3 is 9.88 Å². The Hall–Kier alpha value is -2.09. The summed E-state index contributed by atoms with van der Waals surface area (Å²) in [6.07, 6.45) is 3.38. The second kappa shape index (κ2) is 7.86. The number of aromatic nitrogens is 4. The Bertz CT molecular complexity index is 881. The molecule has 128 valence electrons. The van der Waals surface area contributed by atoms with E-state index < -0.39 is 0 Å². The highest BCUT2D eigenvalue weighted by molar-refractivity contribution is 7.99. The molecule has 0 aliphatic heterocycles. The molecule has 0 saturated heterocycles. The van der Waals surface area contributed by atoms with E-state index in [2.05, 4.69) is 20.5 Å². The van der Waals surface area contributed by atoms with Crippen molar-refractivity contribution in [1.29, 1.82) is 0 Å². The number of nitrogens with one attached hydrogen (secondary N) is 1. The number of halogens is 2. The van der Waals surface area contributed by atoms with Gasteiger partial charge >= 0.3 is 0 Å². The summed E-state index contributed by atoms with van der Waals surface area (Å²) >= 11 is 13.4. The molecule has 0 aliphatic rings. The zero-order valence-electron chi connectivity index (χ0n) is 13.1. The van der Waals surface area contributed by atoms with E-state index in [1.165, 1.54) is 11.8 Å². The maximum absolute atomic E-state index is 12.2. The minimum Gasteiger partial charge on any atom is -0.323 e. The lowest BCUT2D eigenvalue weighted by molar-refractivity contribution is -0.113. The van der Waals surface area contributed by atoms with Gasteiger partial charge in [0.25, 0.3) is 0 Å². The Balaban J connectivity index is 1.66. The number of hydrogen-bond donors (Lipinski definition) is 1. The van der Waals surface area contributed by atoms with E-state index in [1.54, 1.807) is 30.6 Å². The lowest BCUT2D eigenvalue weighted by Crippen LogP contribution is -2.15. The monoisotopic (exact) mass is 393 g/mol. The third kappa shape index (κ3) is 4.12. The van der Waals surface area contributed by atoms with Gasteiger partial charge in [-0.15, -0.1) is 10.2 Å². The Kier molecular flexibility index (Phi) is 5.57. The molecule has 2 aromatic heterocycles. The lowest BCUT2D eigenvalue weighted by Gasteiger charge is -2.08. The first-order valence-electron chi connectivity index (χ1n) is 7.22. The number of thioether (sulfide) groups is 1. The van der Waals surface area contributed by atoms with Crippen molar-refractivity contribution in [3.8, 4) is 11.4 Å². The molecule has 2 heterocycles. The SMILES string of the molecule is Cn1c(SCC(=O)Nc2c(Cl)cccc2Cl)nnc1-c1ccncc1. The van der Waals surface area contributed by atoms with E-state index in [9.17, 15) is 4.79 Å². The number of hydrogen-bond acceptors (Lipinski definition) is 5. The predicted octanol–water partition coefficient (Wildman–Crippen LogP) is 3.91. The second-order valence-corrected chi connectivity index (χ2v) is 6.79. The van der Waals surface area contributed by atoms with Crippen LogP contribution in [0.4, 0.5) is 5.69 Å². The van der Waals surface area contributed by atoms with E-state index >= 15 is 0 Å². The number of rotatable bonds is 5. The maximum atomic E-state index is 12.2. The van der Waals surface area contributed by atoms with Crippen LogP contribution in [0, 0.1) is 0 Å². The Morgan fingerprint density at radius 3 is 2.52 bits per heavy atom. The Labute approximate surface area is 158 Å². The van der Waals surface area contributed by atoms with Gasteiger partial charge in [-0.25, -0.2) is 0 Å². The summed E-state index contributed by atoms with van der Waals surface area (Å²) in [6.45, 7) is 0. The van der Waals surface area contributed by atoms with Crippen molar-refractivity contribution in [2.75, 3.05) is 11.1 Å². The van der Waals surface area contributed by atoms with Crippen LogP contribution in [0.5, 0.6) is 0 Å². The highest BCUT2D eigenvalue weighted by atomic mass is 35.5. The minimum atomic E-state index is -0.228. The van der Waals surface area contributed by atoms with Gasteiger partial charge in [0.1, 0.15) is 0 Å². The van der Waals surface area contributed by atoms with Gasteiger partial charge in [0.05, 0.1) is 21.5 Å². The molecule has 0 bridgehead atoms. The molecule has 6 nitrogen and oxygen atoms in total. The largest absolute Gasteiger partial charge is 0.323 e. The molecule has 3 aromatic rings. The number of para-hydroxylation sites is 1. The van der Waals surface area contributed by atoms with Crippen molar-refractivity contribution in [1.82, 2.24) is 19.7 Å². The average Bonchev–Trinajstić information content (AvgIpc) is 2.98. The van der Waals surface area contributed by atoms with Crippen LogP contribution in [0.3, 0.4) is 0 Å². The van der Waals surface area contributed by atoms with Gasteiger partial charge in [-0.3, -0.25) is 9.78 Å². The predicted molar refractivity (Wildman–Crippen MR) is 100 cm³/mol. The van der Waals surface area contributed by atoms with Crippen LogP contribution >= 0.6 is 35.0 Å². The molecule has 0 atom stereocenters. The number of carbonyl (C=O) groups excluding carboxylic acids is 1. The number of pyridine rings is 1. The average molecular weight is 394 g/mol. The zero-order chi connectivity index (χ0) is 17.8. The van der Waals surface area contributed by atoms with Gasteiger partial charge in [-0.1, -0.05) is 41.0 Å². The van der Waals surface area contributed by atoms with Crippen LogP contribution in [0.1, 0.15) is 0 Å². The standard InChI is InChI=1S/C16H13Cl2N5OS/c1-23-15(10-5-7-19-8-6-10)21-22-16(23)25-9-13(24)20-14-11(17)3-2-4-12(14)18/h2-8H,9H2,1H3,(H,20,24). The molecule has 9 heteroatoms. The molecule has 0 unspecified atom stereocenters. The van der Waals surface area contributed by atoms with Crippen LogP contribution in [0.15, 0.2) is 47.9 Å². The molecule has 25 heavy (non-hydrogen) atoms. The van der Waals surface area contributed by atoms with Crippen molar-refractivity contribution >= 4 is 46.6 Å². The fourth-order valence-electron chi connectivity index (χ4n) is 2.12. The third-order valence-corrected chi connectivity index (χ3v) is 4.98. The normalized spacial score (nSPS) is 10.7. The van der Waals surface area contributed by atoms with Crippen LogP contribution in [0.25, 0.3) is 11.4 Å². The summed E-state index contributed by atoms with van der Waals surface area (Å²) in [5, 5.41) is 12.4. The van der Waals surface area contributed by atoms with Crippen molar-refractivity contribution in [2.45, 2.75) is 5.16 Å². The second-order valence-electron chi connectivity index (χ2n) is 5.03. The minimum absolute atomic E-state index is 0.157. The summed E-state index contributed by atoms with van der Waals surface area (Å²) in [6, 6.07) is 8.75. The van der Waals surface area contributed by atoms with Crippen LogP contribution < -0.4 is 5.32 Å². The van der Waals surface area contributed by atoms with Crippen molar-refractivity contribution in [3.63, 3.8) is 0 Å². The molecule has 1 amide bonds. The lowest BCUT2D eigenvalue weighted by atomic mass is 10.2. The first kappa shape index (κ1) is 17.7. The van der Waals surface area contributed by atoms with Crippen LogP contribution in [0.2, 0.25) is 10.0 Å². The molecule has 0 spiro atoms. The first-order chi connectivity index (χ1) is 12.1. The highest BCUT2D eigenvalue weighted by Crippen LogP contribution is 2.30. The fraction of sp³-hybridized carbons (Fsp3) is 0.125. The quantitative estimate of drug-likeness (QED) is 0.665. The molecule has 1 aromatic carbocycles. The highest BCUT2D eigenvalue weighted by Gasteiger charge is 2.14. The van der Waals surface area contributed by atoms with E-state index in [0.29, 0.717) is 26.7 Å². The molecular formula is C16H13Cl2N5OS. The van der Waals surface area contributed by atoms with E-state index in [4.69, 9.17) is 23.2 Å². The van der Waals surface area contributed by atoms with Crippen LogP contribution in [-0.2, 0) is 11.8 Å². The number of anilines is 1. The van der Waals surface area contributed by atoms with Gasteiger partial charge in [-0.05, 0) is 24.3 Å². The molecule has 0 fully saturated rings. The van der Waals surface area contributed by atoms with Crippen LogP contribution in [-0.4, -0.2) is 31.4 Å². The van der Waals surface area contributed by atoms with Crippen molar-refractivity contribution in [2.24, 2.45) is 7.05 Å². The smallest absolute Gasteiger partial charge is 0.234 e. The molecule has 0 aliphatic carbocycles. The maximum Gasteiger partial charge on any atom is 0.234 e. The van der Waals surface area contributed by atoms with E-state index in [0.717, 1.165) is 5.56 Å². The molecule has 1 N–H and O–H groups in total. The Morgan fingerprint density at radius 2 is 1.84 bits per heavy atom. The summed E-state index contributed by atoms with van der Waals surface area (Å²) in [5.74, 6) is 0.636. The molecule has 3 rings (SSSR count). The summed E-state index contributed by atoms with van der Waals surface area (Å²) < 4.78 is 1.83. The fourth-order valence-corrected chi connectivity index (χ4v) is 3.32. The molecule has 0 radical (unpaired) electrons. The van der Waals surface area contributed by atoms with Crippen molar-refractivity contribution in [3.05, 3.63) is 52.8 Å². The number of benzene rings is 1. The van der Waals surface area contributed by atoms with Gasteiger partial charge in [0.2, 0.25) is 5.91 Å². The van der Waals surface area contributed by atoms with Gasteiger partial charge in [0.15, 0.2) is 11.0 Å². The summed E-state index contributed by atoms with van der Waals surface area (Å²) in [5.41, 5.74) is 1.32. The van der Waals surface area contributed by atoms with Gasteiger partial charge in [0, 0.05) is 25.0 Å². The number of nitrogens with zero attached hydrogens (tertiary/aromatic N) is 4.